The fraction of sp³-hybridized carbons (Fsp3) is 0.0667. The highest BCUT2D eigenvalue weighted by molar-refractivity contribution is 5.95. The zero-order chi connectivity index (χ0) is 15.2. The SMILES string of the molecule is COc1ccc(C=NNC(=O)c2ccccc2F)c(O)c1. The average molecular weight is 288 g/mol. The standard InChI is InChI=1S/C15H13FN2O3/c1-21-11-7-6-10(14(19)8-11)9-17-18-15(20)12-4-2-3-5-13(12)16/h2-9,19H,1H3,(H,18,20). The quantitative estimate of drug-likeness (QED) is 0.670. The summed E-state index contributed by atoms with van der Waals surface area (Å²) in [4.78, 5) is 11.7. The third kappa shape index (κ3) is 3.56. The third-order valence-corrected chi connectivity index (χ3v) is 2.73. The number of carbonyl (C=O) groups is 1. The lowest BCUT2D eigenvalue weighted by Gasteiger charge is -2.03. The Morgan fingerprint density at radius 1 is 1.33 bits per heavy atom. The first-order chi connectivity index (χ1) is 10.1. The number of benzene rings is 2. The van der Waals surface area contributed by atoms with Crippen LogP contribution in [0.2, 0.25) is 0 Å². The lowest BCUT2D eigenvalue weighted by molar-refractivity contribution is 0.0951. The Hall–Kier alpha value is -2.89. The summed E-state index contributed by atoms with van der Waals surface area (Å²) >= 11 is 0. The summed E-state index contributed by atoms with van der Waals surface area (Å²) in [6.45, 7) is 0. The summed E-state index contributed by atoms with van der Waals surface area (Å²) < 4.78 is 18.3. The van der Waals surface area contributed by atoms with Gasteiger partial charge in [0.15, 0.2) is 0 Å². The van der Waals surface area contributed by atoms with E-state index in [0.717, 1.165) is 0 Å². The minimum atomic E-state index is -0.669. The highest BCUT2D eigenvalue weighted by atomic mass is 19.1. The molecule has 0 heterocycles. The van der Waals surface area contributed by atoms with Crippen molar-refractivity contribution in [2.24, 2.45) is 5.10 Å². The van der Waals surface area contributed by atoms with Crippen LogP contribution in [-0.4, -0.2) is 24.3 Å². The van der Waals surface area contributed by atoms with Gasteiger partial charge in [-0.3, -0.25) is 4.79 Å². The molecule has 0 saturated heterocycles. The van der Waals surface area contributed by atoms with Crippen molar-refractivity contribution in [3.05, 3.63) is 59.4 Å². The molecule has 1 amide bonds. The number of phenolic OH excluding ortho intramolecular Hbond substituents is 1. The Balaban J connectivity index is 2.06. The van der Waals surface area contributed by atoms with E-state index in [4.69, 9.17) is 4.74 Å². The maximum Gasteiger partial charge on any atom is 0.274 e. The van der Waals surface area contributed by atoms with Crippen LogP contribution in [0, 0.1) is 5.82 Å². The van der Waals surface area contributed by atoms with Crippen molar-refractivity contribution in [2.75, 3.05) is 7.11 Å². The Kier molecular flexibility index (Phi) is 4.50. The molecule has 6 heteroatoms. The number of nitrogens with zero attached hydrogens (tertiary/aromatic N) is 1. The Labute approximate surface area is 120 Å². The Bertz CT molecular complexity index is 686. The van der Waals surface area contributed by atoms with Crippen LogP contribution < -0.4 is 10.2 Å². The van der Waals surface area contributed by atoms with Crippen LogP contribution in [0.25, 0.3) is 0 Å². The molecule has 0 spiro atoms. The van der Waals surface area contributed by atoms with E-state index in [-0.39, 0.29) is 11.3 Å². The van der Waals surface area contributed by atoms with Gasteiger partial charge in [0.25, 0.3) is 5.91 Å². The monoisotopic (exact) mass is 288 g/mol. The fourth-order valence-corrected chi connectivity index (χ4v) is 1.63. The second kappa shape index (κ2) is 6.51. The molecule has 2 aromatic rings. The first-order valence-corrected chi connectivity index (χ1v) is 6.06. The molecule has 108 valence electrons. The summed E-state index contributed by atoms with van der Waals surface area (Å²) in [5.41, 5.74) is 2.48. The lowest BCUT2D eigenvalue weighted by atomic mass is 10.2. The number of phenols is 1. The number of methoxy groups -OCH3 is 1. The highest BCUT2D eigenvalue weighted by Gasteiger charge is 2.09. The number of halogens is 1. The van der Waals surface area contributed by atoms with Crippen molar-refractivity contribution in [1.82, 2.24) is 5.43 Å². The lowest BCUT2D eigenvalue weighted by Crippen LogP contribution is -2.18. The first kappa shape index (κ1) is 14.5. The van der Waals surface area contributed by atoms with Gasteiger partial charge in [-0.1, -0.05) is 12.1 Å². The van der Waals surface area contributed by atoms with E-state index in [1.165, 1.54) is 37.6 Å². The molecule has 2 N–H and O–H groups in total. The van der Waals surface area contributed by atoms with Crippen LogP contribution in [0.15, 0.2) is 47.6 Å². The van der Waals surface area contributed by atoms with Crippen LogP contribution in [0.4, 0.5) is 4.39 Å². The molecule has 0 bridgehead atoms. The molecule has 21 heavy (non-hydrogen) atoms. The molecule has 5 nitrogen and oxygen atoms in total. The second-order valence-corrected chi connectivity index (χ2v) is 4.10. The number of hydrogen-bond donors (Lipinski definition) is 2. The van der Waals surface area contributed by atoms with Gasteiger partial charge in [-0.15, -0.1) is 0 Å². The van der Waals surface area contributed by atoms with Gasteiger partial charge in [-0.25, -0.2) is 9.82 Å². The van der Waals surface area contributed by atoms with Crippen molar-refractivity contribution in [2.45, 2.75) is 0 Å². The van der Waals surface area contributed by atoms with Crippen molar-refractivity contribution in [1.29, 1.82) is 0 Å². The van der Waals surface area contributed by atoms with E-state index < -0.39 is 11.7 Å². The van der Waals surface area contributed by atoms with Crippen LogP contribution in [0.3, 0.4) is 0 Å². The van der Waals surface area contributed by atoms with E-state index in [2.05, 4.69) is 10.5 Å². The third-order valence-electron chi connectivity index (χ3n) is 2.73. The van der Waals surface area contributed by atoms with E-state index in [0.29, 0.717) is 11.3 Å². The molecule has 0 unspecified atom stereocenters. The van der Waals surface area contributed by atoms with Gasteiger partial charge in [0.05, 0.1) is 18.9 Å². The summed E-state index contributed by atoms with van der Waals surface area (Å²) in [5, 5.41) is 13.4. The molecule has 0 aromatic heterocycles. The summed E-state index contributed by atoms with van der Waals surface area (Å²) in [6.07, 6.45) is 1.26. The molecule has 2 rings (SSSR count). The van der Waals surface area contributed by atoms with Gasteiger partial charge < -0.3 is 9.84 Å². The van der Waals surface area contributed by atoms with E-state index >= 15 is 0 Å². The zero-order valence-corrected chi connectivity index (χ0v) is 11.2. The molecule has 0 atom stereocenters. The maximum absolute atomic E-state index is 13.4. The summed E-state index contributed by atoms with van der Waals surface area (Å²) in [5.74, 6) is -0.840. The predicted molar refractivity (Wildman–Crippen MR) is 76.1 cm³/mol. The van der Waals surface area contributed by atoms with E-state index in [1.54, 1.807) is 18.2 Å². The van der Waals surface area contributed by atoms with Crippen molar-refractivity contribution >= 4 is 12.1 Å². The summed E-state index contributed by atoms with van der Waals surface area (Å²) in [6, 6.07) is 10.2. The highest BCUT2D eigenvalue weighted by Crippen LogP contribution is 2.21. The maximum atomic E-state index is 13.4. The normalized spacial score (nSPS) is 10.6. The number of aromatic hydroxyl groups is 1. The fourth-order valence-electron chi connectivity index (χ4n) is 1.63. The van der Waals surface area contributed by atoms with Gasteiger partial charge >= 0.3 is 0 Å². The number of hydrazone groups is 1. The number of rotatable bonds is 4. The Morgan fingerprint density at radius 3 is 2.76 bits per heavy atom. The van der Waals surface area contributed by atoms with Crippen LogP contribution in [0.5, 0.6) is 11.5 Å². The Morgan fingerprint density at radius 2 is 2.10 bits per heavy atom. The van der Waals surface area contributed by atoms with Crippen molar-refractivity contribution < 1.29 is 19.0 Å². The summed E-state index contributed by atoms with van der Waals surface area (Å²) in [7, 11) is 1.48. The molecule has 0 radical (unpaired) electrons. The second-order valence-electron chi connectivity index (χ2n) is 4.10. The van der Waals surface area contributed by atoms with Gasteiger partial charge in [0, 0.05) is 11.6 Å². The molecular formula is C15H13FN2O3. The van der Waals surface area contributed by atoms with Crippen LogP contribution in [-0.2, 0) is 0 Å². The minimum Gasteiger partial charge on any atom is -0.507 e. The van der Waals surface area contributed by atoms with Crippen molar-refractivity contribution in [3.63, 3.8) is 0 Å². The molecule has 0 aliphatic rings. The number of ether oxygens (including phenoxy) is 1. The van der Waals surface area contributed by atoms with Gasteiger partial charge in [0.1, 0.15) is 17.3 Å². The average Bonchev–Trinajstić information content (AvgIpc) is 2.49. The zero-order valence-electron chi connectivity index (χ0n) is 11.2. The van der Waals surface area contributed by atoms with Gasteiger partial charge in [0.2, 0.25) is 0 Å². The van der Waals surface area contributed by atoms with Crippen molar-refractivity contribution in [3.8, 4) is 11.5 Å². The smallest absolute Gasteiger partial charge is 0.274 e. The number of amides is 1. The van der Waals surface area contributed by atoms with Crippen LogP contribution in [0.1, 0.15) is 15.9 Å². The molecule has 0 aliphatic heterocycles. The van der Waals surface area contributed by atoms with E-state index in [9.17, 15) is 14.3 Å². The number of nitrogens with one attached hydrogen (secondary N) is 1. The molecular weight excluding hydrogens is 275 g/mol. The minimum absolute atomic E-state index is 0.0433. The van der Waals surface area contributed by atoms with Gasteiger partial charge in [-0.05, 0) is 24.3 Å². The molecule has 2 aromatic carbocycles. The largest absolute Gasteiger partial charge is 0.507 e. The molecule has 0 saturated carbocycles. The topological polar surface area (TPSA) is 70.9 Å². The molecule has 0 aliphatic carbocycles. The number of hydrogen-bond acceptors (Lipinski definition) is 4. The van der Waals surface area contributed by atoms with Gasteiger partial charge in [-0.2, -0.15) is 5.10 Å². The van der Waals surface area contributed by atoms with E-state index in [1.807, 2.05) is 0 Å². The van der Waals surface area contributed by atoms with Crippen LogP contribution >= 0.6 is 0 Å². The first-order valence-electron chi connectivity index (χ1n) is 6.06. The predicted octanol–water partition coefficient (Wildman–Crippen LogP) is 2.30. The molecule has 0 fully saturated rings. The number of carbonyl (C=O) groups excluding carboxylic acids is 1.